The molecule has 6 nitrogen and oxygen atoms in total. The van der Waals surface area contributed by atoms with Gasteiger partial charge in [0, 0.05) is 43.5 Å². The van der Waals surface area contributed by atoms with E-state index in [0.29, 0.717) is 19.0 Å². The SMILES string of the molecule is CN=C(NCCc1c[nH]c2ccccc12)NCC(C)(C)S(C)(=O)=O. The minimum atomic E-state index is -3.14. The van der Waals surface area contributed by atoms with Gasteiger partial charge in [-0.3, -0.25) is 4.99 Å². The maximum absolute atomic E-state index is 11.7. The van der Waals surface area contributed by atoms with E-state index in [9.17, 15) is 8.42 Å². The summed E-state index contributed by atoms with van der Waals surface area (Å²) in [7, 11) is -1.46. The van der Waals surface area contributed by atoms with E-state index in [0.717, 1.165) is 11.9 Å². The van der Waals surface area contributed by atoms with Crippen LogP contribution in [0.25, 0.3) is 10.9 Å². The van der Waals surface area contributed by atoms with Crippen LogP contribution in [0.1, 0.15) is 19.4 Å². The molecule has 0 saturated carbocycles. The molecule has 0 saturated heterocycles. The van der Waals surface area contributed by atoms with Crippen molar-refractivity contribution in [2.24, 2.45) is 4.99 Å². The summed E-state index contributed by atoms with van der Waals surface area (Å²) in [6.45, 7) is 4.42. The van der Waals surface area contributed by atoms with Crippen molar-refractivity contribution >= 4 is 26.7 Å². The smallest absolute Gasteiger partial charge is 0.191 e. The van der Waals surface area contributed by atoms with E-state index in [-0.39, 0.29) is 0 Å². The molecule has 1 aromatic heterocycles. The lowest BCUT2D eigenvalue weighted by Gasteiger charge is -2.24. The van der Waals surface area contributed by atoms with E-state index in [4.69, 9.17) is 0 Å². The van der Waals surface area contributed by atoms with E-state index in [1.54, 1.807) is 20.9 Å². The standard InChI is InChI=1S/C17H26N4O2S/c1-17(2,24(4,22)23)12-21-16(18-3)19-10-9-13-11-20-15-8-6-5-7-14(13)15/h5-8,11,20H,9-10,12H2,1-4H3,(H2,18,19,21). The van der Waals surface area contributed by atoms with Crippen molar-refractivity contribution in [2.75, 3.05) is 26.4 Å². The highest BCUT2D eigenvalue weighted by molar-refractivity contribution is 7.92. The lowest BCUT2D eigenvalue weighted by molar-refractivity contribution is 0.544. The van der Waals surface area contributed by atoms with Crippen molar-refractivity contribution in [2.45, 2.75) is 25.0 Å². The van der Waals surface area contributed by atoms with Gasteiger partial charge in [0.2, 0.25) is 0 Å². The van der Waals surface area contributed by atoms with Gasteiger partial charge in [0.15, 0.2) is 15.8 Å². The molecule has 1 aromatic carbocycles. The van der Waals surface area contributed by atoms with E-state index < -0.39 is 14.6 Å². The van der Waals surface area contributed by atoms with Crippen LogP contribution in [0.4, 0.5) is 0 Å². The summed E-state index contributed by atoms with van der Waals surface area (Å²) in [5.74, 6) is 0.603. The average molecular weight is 350 g/mol. The summed E-state index contributed by atoms with van der Waals surface area (Å²) in [5, 5.41) is 7.53. The van der Waals surface area contributed by atoms with Crippen LogP contribution in [0.2, 0.25) is 0 Å². The maximum atomic E-state index is 11.7. The number of aliphatic imine (C=N–C) groups is 1. The Labute approximate surface area is 143 Å². The van der Waals surface area contributed by atoms with Crippen LogP contribution >= 0.6 is 0 Å². The largest absolute Gasteiger partial charge is 0.361 e. The van der Waals surface area contributed by atoms with Crippen molar-refractivity contribution in [3.05, 3.63) is 36.0 Å². The Morgan fingerprint density at radius 1 is 1.25 bits per heavy atom. The van der Waals surface area contributed by atoms with Crippen molar-refractivity contribution in [3.63, 3.8) is 0 Å². The van der Waals surface area contributed by atoms with Gasteiger partial charge in [-0.25, -0.2) is 8.42 Å². The van der Waals surface area contributed by atoms with Gasteiger partial charge >= 0.3 is 0 Å². The molecule has 2 rings (SSSR count). The van der Waals surface area contributed by atoms with Crippen LogP contribution < -0.4 is 10.6 Å². The number of rotatable bonds is 6. The number of aromatic amines is 1. The van der Waals surface area contributed by atoms with Gasteiger partial charge in [-0.15, -0.1) is 0 Å². The number of nitrogens with one attached hydrogen (secondary N) is 3. The molecule has 2 aromatic rings. The molecule has 0 aliphatic heterocycles. The van der Waals surface area contributed by atoms with Crippen molar-refractivity contribution in [1.82, 2.24) is 15.6 Å². The highest BCUT2D eigenvalue weighted by atomic mass is 32.2. The van der Waals surface area contributed by atoms with E-state index in [1.807, 2.05) is 18.3 Å². The fraction of sp³-hybridized carbons (Fsp3) is 0.471. The van der Waals surface area contributed by atoms with Crippen LogP contribution in [0.3, 0.4) is 0 Å². The Kier molecular flexibility index (Phi) is 5.54. The molecule has 0 amide bonds. The van der Waals surface area contributed by atoms with E-state index in [2.05, 4.69) is 32.7 Å². The average Bonchev–Trinajstić information content (AvgIpc) is 2.93. The number of H-pyrrole nitrogens is 1. The van der Waals surface area contributed by atoms with Crippen LogP contribution in [-0.2, 0) is 16.3 Å². The van der Waals surface area contributed by atoms with Gasteiger partial charge in [0.1, 0.15) is 0 Å². The Morgan fingerprint density at radius 3 is 2.62 bits per heavy atom. The monoisotopic (exact) mass is 350 g/mol. The highest BCUT2D eigenvalue weighted by Crippen LogP contribution is 2.17. The molecule has 0 bridgehead atoms. The zero-order valence-electron chi connectivity index (χ0n) is 14.7. The van der Waals surface area contributed by atoms with Crippen molar-refractivity contribution in [3.8, 4) is 0 Å². The number of aromatic nitrogens is 1. The molecule has 132 valence electrons. The first-order chi connectivity index (χ1) is 11.2. The van der Waals surface area contributed by atoms with Crippen LogP contribution in [0, 0.1) is 0 Å². The van der Waals surface area contributed by atoms with Crippen molar-refractivity contribution < 1.29 is 8.42 Å². The third-order valence-corrected chi connectivity index (χ3v) is 6.42. The Bertz CT molecular complexity index is 822. The number of benzene rings is 1. The summed E-state index contributed by atoms with van der Waals surface area (Å²) < 4.78 is 22.6. The fourth-order valence-corrected chi connectivity index (χ4v) is 2.64. The first kappa shape index (κ1) is 18.3. The zero-order valence-corrected chi connectivity index (χ0v) is 15.5. The lowest BCUT2D eigenvalue weighted by atomic mass is 10.1. The third kappa shape index (κ3) is 4.29. The summed E-state index contributed by atoms with van der Waals surface area (Å²) >= 11 is 0. The summed E-state index contributed by atoms with van der Waals surface area (Å²) in [6, 6.07) is 8.19. The minimum absolute atomic E-state index is 0.304. The van der Waals surface area contributed by atoms with Crippen molar-refractivity contribution in [1.29, 1.82) is 0 Å². The second-order valence-electron chi connectivity index (χ2n) is 6.49. The molecular weight excluding hydrogens is 324 g/mol. The number of para-hydroxylation sites is 1. The predicted molar refractivity (Wildman–Crippen MR) is 100 cm³/mol. The zero-order chi connectivity index (χ0) is 17.8. The summed E-state index contributed by atoms with van der Waals surface area (Å²) in [4.78, 5) is 7.41. The Morgan fingerprint density at radius 2 is 1.96 bits per heavy atom. The van der Waals surface area contributed by atoms with Gasteiger partial charge in [0.25, 0.3) is 0 Å². The van der Waals surface area contributed by atoms with Gasteiger partial charge in [-0.2, -0.15) is 0 Å². The Hall–Kier alpha value is -2.02. The number of hydrogen-bond acceptors (Lipinski definition) is 3. The van der Waals surface area contributed by atoms with Crippen LogP contribution in [0.5, 0.6) is 0 Å². The molecule has 3 N–H and O–H groups in total. The molecule has 0 radical (unpaired) electrons. The van der Waals surface area contributed by atoms with Crippen LogP contribution in [-0.4, -0.2) is 50.5 Å². The summed E-state index contributed by atoms with van der Waals surface area (Å²) in [5.41, 5.74) is 2.37. The van der Waals surface area contributed by atoms with Gasteiger partial charge in [-0.1, -0.05) is 18.2 Å². The number of sulfone groups is 1. The van der Waals surface area contributed by atoms with E-state index in [1.165, 1.54) is 17.2 Å². The maximum Gasteiger partial charge on any atom is 0.191 e. The second kappa shape index (κ2) is 7.25. The number of fused-ring (bicyclic) bond motifs is 1. The highest BCUT2D eigenvalue weighted by Gasteiger charge is 2.30. The molecule has 7 heteroatoms. The molecule has 0 spiro atoms. The second-order valence-corrected chi connectivity index (χ2v) is 9.14. The molecule has 0 atom stereocenters. The molecule has 1 heterocycles. The van der Waals surface area contributed by atoms with E-state index >= 15 is 0 Å². The predicted octanol–water partition coefficient (Wildman–Crippen LogP) is 1.70. The molecule has 0 fully saturated rings. The molecular formula is C17H26N4O2S. The number of guanidine groups is 1. The quantitative estimate of drug-likeness (QED) is 0.547. The van der Waals surface area contributed by atoms with Gasteiger partial charge in [-0.05, 0) is 31.9 Å². The summed E-state index contributed by atoms with van der Waals surface area (Å²) in [6.07, 6.45) is 4.12. The van der Waals surface area contributed by atoms with Gasteiger partial charge in [0.05, 0.1) is 4.75 Å². The molecule has 0 aliphatic rings. The number of hydrogen-bond donors (Lipinski definition) is 3. The van der Waals surface area contributed by atoms with Gasteiger partial charge < -0.3 is 15.6 Å². The molecule has 24 heavy (non-hydrogen) atoms. The Balaban J connectivity index is 1.88. The fourth-order valence-electron chi connectivity index (χ4n) is 2.30. The number of nitrogens with zero attached hydrogens (tertiary/aromatic N) is 1. The molecule has 0 aliphatic carbocycles. The first-order valence-corrected chi connectivity index (χ1v) is 9.83. The lowest BCUT2D eigenvalue weighted by Crippen LogP contribution is -2.48. The normalized spacial score (nSPS) is 13.2. The topological polar surface area (TPSA) is 86.3 Å². The minimum Gasteiger partial charge on any atom is -0.361 e. The first-order valence-electron chi connectivity index (χ1n) is 7.94. The molecule has 0 unspecified atom stereocenters. The third-order valence-electron chi connectivity index (χ3n) is 4.27. The van der Waals surface area contributed by atoms with Crippen LogP contribution in [0.15, 0.2) is 35.5 Å².